The van der Waals surface area contributed by atoms with E-state index in [9.17, 15) is 9.59 Å². The number of anilines is 1. The monoisotopic (exact) mass is 380 g/mol. The zero-order valence-electron chi connectivity index (χ0n) is 13.5. The lowest BCUT2D eigenvalue weighted by Gasteiger charge is -2.23. The van der Waals surface area contributed by atoms with Gasteiger partial charge in [0.25, 0.3) is 0 Å². The number of fused-ring (bicyclic) bond motifs is 1. The molecule has 1 saturated heterocycles. The van der Waals surface area contributed by atoms with Gasteiger partial charge in [0.05, 0.1) is 0 Å². The van der Waals surface area contributed by atoms with Gasteiger partial charge in [-0.1, -0.05) is 6.07 Å². The molecule has 1 aliphatic heterocycles. The van der Waals surface area contributed by atoms with Crippen LogP contribution >= 0.6 is 15.9 Å². The second-order valence-electron chi connectivity index (χ2n) is 6.88. The van der Waals surface area contributed by atoms with Crippen LogP contribution in [0.5, 0.6) is 0 Å². The lowest BCUT2D eigenvalue weighted by Crippen LogP contribution is -2.41. The van der Waals surface area contributed by atoms with E-state index in [0.717, 1.165) is 24.9 Å². The van der Waals surface area contributed by atoms with Crippen LogP contribution in [-0.4, -0.2) is 59.8 Å². The first-order chi connectivity index (χ1) is 10.9. The Morgan fingerprint density at radius 2 is 2.26 bits per heavy atom. The van der Waals surface area contributed by atoms with E-state index in [1.54, 1.807) is 4.90 Å². The van der Waals surface area contributed by atoms with Gasteiger partial charge in [-0.15, -0.1) is 0 Å². The summed E-state index contributed by atoms with van der Waals surface area (Å²) >= 11 is 3.31. The van der Waals surface area contributed by atoms with Crippen molar-refractivity contribution in [3.05, 3.63) is 22.3 Å². The summed E-state index contributed by atoms with van der Waals surface area (Å²) in [5.41, 5.74) is 0.969. The lowest BCUT2D eigenvalue weighted by atomic mass is 9.98. The van der Waals surface area contributed by atoms with Gasteiger partial charge in [-0.25, -0.2) is 4.98 Å². The third-order valence-corrected chi connectivity index (χ3v) is 5.27. The van der Waals surface area contributed by atoms with E-state index in [-0.39, 0.29) is 17.4 Å². The highest BCUT2D eigenvalue weighted by molar-refractivity contribution is 9.10. The Bertz CT molecular complexity index is 651. The molecule has 3 rings (SSSR count). The number of hydrogen-bond acceptors (Lipinski definition) is 4. The number of aryl methyl sites for hydroxylation is 1. The Kier molecular flexibility index (Phi) is 4.18. The number of rotatable bonds is 5. The summed E-state index contributed by atoms with van der Waals surface area (Å²) in [6.45, 7) is 2.80. The Morgan fingerprint density at radius 3 is 2.91 bits per heavy atom. The summed E-state index contributed by atoms with van der Waals surface area (Å²) in [5, 5.41) is 2.87. The van der Waals surface area contributed by atoms with Crippen molar-refractivity contribution in [2.45, 2.75) is 31.8 Å². The van der Waals surface area contributed by atoms with Gasteiger partial charge in [-0.2, -0.15) is 0 Å². The molecule has 3 atom stereocenters. The molecule has 1 aliphatic carbocycles. The molecule has 23 heavy (non-hydrogen) atoms. The average Bonchev–Trinajstić information content (AvgIpc) is 3.07. The van der Waals surface area contributed by atoms with Crippen molar-refractivity contribution >= 4 is 34.1 Å². The first-order valence-corrected chi connectivity index (χ1v) is 8.47. The number of piperidine rings is 1. The van der Waals surface area contributed by atoms with Crippen LogP contribution in [0.1, 0.15) is 18.4 Å². The number of pyridine rings is 1. The fraction of sp³-hybridized carbons (Fsp3) is 0.562. The number of halogens is 1. The maximum atomic E-state index is 12.7. The summed E-state index contributed by atoms with van der Waals surface area (Å²) < 4.78 is 0.670. The number of hydrogen-bond donors (Lipinski definition) is 1. The molecule has 2 fully saturated rings. The molecule has 0 spiro atoms. The van der Waals surface area contributed by atoms with Gasteiger partial charge in [-0.3, -0.25) is 9.59 Å². The molecule has 2 aliphatic rings. The Morgan fingerprint density at radius 1 is 1.52 bits per heavy atom. The maximum absolute atomic E-state index is 12.7. The molecule has 0 aromatic carbocycles. The van der Waals surface area contributed by atoms with Gasteiger partial charge in [0.2, 0.25) is 12.3 Å². The molecule has 2 heterocycles. The summed E-state index contributed by atoms with van der Waals surface area (Å²) in [5.74, 6) is 0.383. The largest absolute Gasteiger partial charge is 0.330 e. The van der Waals surface area contributed by atoms with E-state index < -0.39 is 6.04 Å². The van der Waals surface area contributed by atoms with Crippen molar-refractivity contribution < 1.29 is 9.59 Å². The van der Waals surface area contributed by atoms with Crippen molar-refractivity contribution in [2.24, 2.45) is 5.41 Å². The third kappa shape index (κ3) is 2.99. The highest BCUT2D eigenvalue weighted by atomic mass is 79.9. The second kappa shape index (κ2) is 5.87. The van der Waals surface area contributed by atoms with Crippen molar-refractivity contribution in [1.82, 2.24) is 14.8 Å². The van der Waals surface area contributed by atoms with Crippen LogP contribution in [0.4, 0.5) is 5.82 Å². The normalized spacial score (nSPS) is 28.7. The summed E-state index contributed by atoms with van der Waals surface area (Å²) in [6, 6.07) is 3.50. The third-order valence-electron chi connectivity index (χ3n) is 4.83. The van der Waals surface area contributed by atoms with Crippen LogP contribution in [0, 0.1) is 12.3 Å². The highest BCUT2D eigenvalue weighted by Crippen LogP contribution is 2.59. The van der Waals surface area contributed by atoms with Gasteiger partial charge in [0.1, 0.15) is 16.5 Å². The minimum atomic E-state index is -0.411. The molecule has 6 nitrogen and oxygen atoms in total. The SMILES string of the molecule is Cc1ccc(Br)nc1NC(=O)[C@@H]1C[C@@]2(CN(C)C)C[C@H]2N1C=O. The fourth-order valence-electron chi connectivity index (χ4n) is 3.75. The number of carbonyl (C=O) groups excluding carboxylic acids is 2. The van der Waals surface area contributed by atoms with Crippen LogP contribution < -0.4 is 5.32 Å². The van der Waals surface area contributed by atoms with E-state index in [1.165, 1.54) is 0 Å². The lowest BCUT2D eigenvalue weighted by molar-refractivity contribution is -0.128. The van der Waals surface area contributed by atoms with Gasteiger partial charge in [0.15, 0.2) is 0 Å². The summed E-state index contributed by atoms with van der Waals surface area (Å²) in [6.07, 6.45) is 2.52. The molecule has 1 aromatic heterocycles. The van der Waals surface area contributed by atoms with E-state index in [2.05, 4.69) is 31.1 Å². The quantitative estimate of drug-likeness (QED) is 0.622. The summed E-state index contributed by atoms with van der Waals surface area (Å²) in [4.78, 5) is 32.2. The van der Waals surface area contributed by atoms with Crippen molar-refractivity contribution in [1.29, 1.82) is 0 Å². The molecule has 1 N–H and O–H groups in total. The van der Waals surface area contributed by atoms with Crippen LogP contribution in [0.2, 0.25) is 0 Å². The summed E-state index contributed by atoms with van der Waals surface area (Å²) in [7, 11) is 4.05. The average molecular weight is 381 g/mol. The van der Waals surface area contributed by atoms with Gasteiger partial charge in [-0.05, 0) is 61.4 Å². The molecular weight excluding hydrogens is 360 g/mol. The van der Waals surface area contributed by atoms with Gasteiger partial charge >= 0.3 is 0 Å². The predicted molar refractivity (Wildman–Crippen MR) is 91.0 cm³/mol. The Hall–Kier alpha value is -1.47. The first kappa shape index (κ1) is 16.4. The molecule has 7 heteroatoms. The van der Waals surface area contributed by atoms with Crippen molar-refractivity contribution in [3.8, 4) is 0 Å². The standard InChI is InChI=1S/C16H21BrN4O2/c1-10-4-5-13(17)18-14(10)19-15(23)11-6-16(8-20(2)3)7-12(16)21(11)9-22/h4-5,9,11-12H,6-8H2,1-3H3,(H,18,19,23)/t11-,12+,16-/m0/s1. The topological polar surface area (TPSA) is 65.5 Å². The number of amides is 2. The van der Waals surface area contributed by atoms with E-state index in [1.807, 2.05) is 33.2 Å². The zero-order valence-corrected chi connectivity index (χ0v) is 15.1. The van der Waals surface area contributed by atoms with Crippen molar-refractivity contribution in [2.75, 3.05) is 26.0 Å². The number of carbonyl (C=O) groups is 2. The molecule has 1 saturated carbocycles. The predicted octanol–water partition coefficient (Wildman–Crippen LogP) is 1.64. The zero-order chi connectivity index (χ0) is 16.8. The minimum Gasteiger partial charge on any atom is -0.330 e. The minimum absolute atomic E-state index is 0.0756. The van der Waals surface area contributed by atoms with Crippen molar-refractivity contribution in [3.63, 3.8) is 0 Å². The Balaban J connectivity index is 1.75. The number of aromatic nitrogens is 1. The van der Waals surface area contributed by atoms with Crippen LogP contribution in [0.3, 0.4) is 0 Å². The highest BCUT2D eigenvalue weighted by Gasteiger charge is 2.65. The molecule has 2 amide bonds. The van der Waals surface area contributed by atoms with Crippen LogP contribution in [0.15, 0.2) is 16.7 Å². The second-order valence-corrected chi connectivity index (χ2v) is 7.69. The Labute approximate surface area is 144 Å². The number of likely N-dealkylation sites (tertiary alicyclic amines) is 1. The molecule has 0 unspecified atom stereocenters. The van der Waals surface area contributed by atoms with Gasteiger partial charge in [0, 0.05) is 18.0 Å². The van der Waals surface area contributed by atoms with E-state index in [0.29, 0.717) is 16.8 Å². The molecule has 0 radical (unpaired) electrons. The van der Waals surface area contributed by atoms with E-state index in [4.69, 9.17) is 0 Å². The molecule has 0 bridgehead atoms. The van der Waals surface area contributed by atoms with Crippen LogP contribution in [0.25, 0.3) is 0 Å². The number of nitrogens with one attached hydrogen (secondary N) is 1. The first-order valence-electron chi connectivity index (χ1n) is 7.68. The van der Waals surface area contributed by atoms with Crippen LogP contribution in [-0.2, 0) is 9.59 Å². The smallest absolute Gasteiger partial charge is 0.248 e. The maximum Gasteiger partial charge on any atom is 0.248 e. The number of nitrogens with zero attached hydrogens (tertiary/aromatic N) is 3. The molecule has 124 valence electrons. The van der Waals surface area contributed by atoms with Gasteiger partial charge < -0.3 is 15.1 Å². The molecule has 1 aromatic rings. The molecular formula is C16H21BrN4O2. The fourth-order valence-corrected chi connectivity index (χ4v) is 4.06. The van der Waals surface area contributed by atoms with E-state index >= 15 is 0 Å².